The van der Waals surface area contributed by atoms with Crippen molar-refractivity contribution in [3.05, 3.63) is 40.0 Å². The Kier molecular flexibility index (Phi) is 4.32. The first-order chi connectivity index (χ1) is 8.60. The molecule has 1 aromatic heterocycles. The molecule has 0 aliphatic heterocycles. The van der Waals surface area contributed by atoms with Gasteiger partial charge in [0.1, 0.15) is 11.0 Å². The van der Waals surface area contributed by atoms with Crippen LogP contribution >= 0.6 is 35.0 Å². The van der Waals surface area contributed by atoms with Crippen molar-refractivity contribution in [2.75, 3.05) is 11.6 Å². The molecule has 2 aromatic rings. The van der Waals surface area contributed by atoms with Gasteiger partial charge in [-0.25, -0.2) is 9.97 Å². The van der Waals surface area contributed by atoms with E-state index in [1.165, 1.54) is 11.8 Å². The predicted molar refractivity (Wildman–Crippen MR) is 78.3 cm³/mol. The Morgan fingerprint density at radius 3 is 2.72 bits per heavy atom. The van der Waals surface area contributed by atoms with E-state index in [1.54, 1.807) is 6.07 Å². The first-order valence-corrected chi connectivity index (χ1v) is 7.19. The van der Waals surface area contributed by atoms with Gasteiger partial charge in [-0.15, -0.1) is 0 Å². The van der Waals surface area contributed by atoms with Gasteiger partial charge < -0.3 is 5.32 Å². The Morgan fingerprint density at radius 2 is 2.00 bits per heavy atom. The summed E-state index contributed by atoms with van der Waals surface area (Å²) in [6, 6.07) is 7.36. The van der Waals surface area contributed by atoms with Crippen molar-refractivity contribution >= 4 is 46.5 Å². The van der Waals surface area contributed by atoms with Crippen molar-refractivity contribution in [2.45, 2.75) is 12.1 Å². The molecule has 0 saturated carbocycles. The highest BCUT2D eigenvalue weighted by molar-refractivity contribution is 7.98. The van der Waals surface area contributed by atoms with Crippen LogP contribution in [0.4, 0.5) is 11.5 Å². The number of benzene rings is 1. The molecular formula is C12H11Cl2N3S. The zero-order chi connectivity index (χ0) is 13.1. The summed E-state index contributed by atoms with van der Waals surface area (Å²) in [7, 11) is 0. The van der Waals surface area contributed by atoms with Crippen LogP contribution in [0.15, 0.2) is 29.4 Å². The van der Waals surface area contributed by atoms with Crippen LogP contribution in [0.3, 0.4) is 0 Å². The SMILES string of the molecule is CSc1nc(Cl)cc(Nc2cccc(Cl)c2C)n1. The fourth-order valence-corrected chi connectivity index (χ4v) is 2.22. The topological polar surface area (TPSA) is 37.8 Å². The van der Waals surface area contributed by atoms with Crippen LogP contribution in [0.2, 0.25) is 10.2 Å². The first kappa shape index (κ1) is 13.5. The second kappa shape index (κ2) is 5.78. The predicted octanol–water partition coefficient (Wildman–Crippen LogP) is 4.56. The Hall–Kier alpha value is -0.970. The van der Waals surface area contributed by atoms with E-state index in [2.05, 4.69) is 15.3 Å². The number of thioether (sulfide) groups is 1. The molecule has 3 nitrogen and oxygen atoms in total. The molecule has 18 heavy (non-hydrogen) atoms. The lowest BCUT2D eigenvalue weighted by Gasteiger charge is -2.10. The summed E-state index contributed by atoms with van der Waals surface area (Å²) in [6.07, 6.45) is 1.90. The number of hydrogen-bond acceptors (Lipinski definition) is 4. The Balaban J connectivity index is 2.34. The standard InChI is InChI=1S/C12H11Cl2N3S/c1-7-8(13)4-3-5-9(7)15-11-6-10(14)16-12(17-11)18-2/h3-6H,1-2H3,(H,15,16,17). The molecule has 0 bridgehead atoms. The lowest BCUT2D eigenvalue weighted by molar-refractivity contribution is 0.976. The number of rotatable bonds is 3. The number of aromatic nitrogens is 2. The van der Waals surface area contributed by atoms with E-state index in [1.807, 2.05) is 31.4 Å². The summed E-state index contributed by atoms with van der Waals surface area (Å²) in [5.41, 5.74) is 1.88. The van der Waals surface area contributed by atoms with Gasteiger partial charge in [0.15, 0.2) is 5.16 Å². The second-order valence-corrected chi connectivity index (χ2v) is 5.17. The molecule has 1 heterocycles. The minimum absolute atomic E-state index is 0.413. The third-order valence-corrected chi connectivity index (χ3v) is 3.54. The highest BCUT2D eigenvalue weighted by Gasteiger charge is 2.06. The molecule has 0 fully saturated rings. The minimum atomic E-state index is 0.413. The molecule has 2 rings (SSSR count). The van der Waals surface area contributed by atoms with Crippen LogP contribution in [0.25, 0.3) is 0 Å². The maximum atomic E-state index is 6.07. The minimum Gasteiger partial charge on any atom is -0.340 e. The molecule has 6 heteroatoms. The molecule has 0 atom stereocenters. The van der Waals surface area contributed by atoms with Crippen LogP contribution in [-0.2, 0) is 0 Å². The quantitative estimate of drug-likeness (QED) is 0.512. The Labute approximate surface area is 120 Å². The van der Waals surface area contributed by atoms with Gasteiger partial charge in [0, 0.05) is 16.8 Å². The lowest BCUT2D eigenvalue weighted by Crippen LogP contribution is -1.98. The van der Waals surface area contributed by atoms with E-state index in [4.69, 9.17) is 23.2 Å². The summed E-state index contributed by atoms with van der Waals surface area (Å²) in [6.45, 7) is 1.95. The molecule has 0 spiro atoms. The molecule has 0 aliphatic carbocycles. The van der Waals surface area contributed by atoms with Crippen LogP contribution in [0, 0.1) is 6.92 Å². The molecule has 0 unspecified atom stereocenters. The largest absolute Gasteiger partial charge is 0.340 e. The van der Waals surface area contributed by atoms with Gasteiger partial charge in [0.05, 0.1) is 0 Å². The van der Waals surface area contributed by atoms with E-state index < -0.39 is 0 Å². The fourth-order valence-electron chi connectivity index (χ4n) is 1.43. The van der Waals surface area contributed by atoms with Crippen molar-refractivity contribution in [1.29, 1.82) is 0 Å². The highest BCUT2D eigenvalue weighted by atomic mass is 35.5. The average Bonchev–Trinajstić information content (AvgIpc) is 2.34. The summed E-state index contributed by atoms with van der Waals surface area (Å²) in [4.78, 5) is 8.42. The summed E-state index contributed by atoms with van der Waals surface area (Å²) >= 11 is 13.4. The van der Waals surface area contributed by atoms with E-state index in [9.17, 15) is 0 Å². The van der Waals surface area contributed by atoms with Crippen molar-refractivity contribution in [2.24, 2.45) is 0 Å². The highest BCUT2D eigenvalue weighted by Crippen LogP contribution is 2.26. The number of halogens is 2. The van der Waals surface area contributed by atoms with Crippen molar-refractivity contribution in [3.63, 3.8) is 0 Å². The third kappa shape index (κ3) is 3.07. The van der Waals surface area contributed by atoms with Crippen molar-refractivity contribution in [3.8, 4) is 0 Å². The maximum absolute atomic E-state index is 6.07. The number of nitrogens with one attached hydrogen (secondary N) is 1. The average molecular weight is 300 g/mol. The van der Waals surface area contributed by atoms with E-state index >= 15 is 0 Å². The van der Waals surface area contributed by atoms with Gasteiger partial charge in [-0.2, -0.15) is 0 Å². The summed E-state index contributed by atoms with van der Waals surface area (Å²) < 4.78 is 0. The van der Waals surface area contributed by atoms with Crippen LogP contribution in [-0.4, -0.2) is 16.2 Å². The normalized spacial score (nSPS) is 10.4. The number of anilines is 2. The smallest absolute Gasteiger partial charge is 0.190 e. The summed E-state index contributed by atoms with van der Waals surface area (Å²) in [5, 5.41) is 4.95. The van der Waals surface area contributed by atoms with Gasteiger partial charge >= 0.3 is 0 Å². The van der Waals surface area contributed by atoms with Crippen molar-refractivity contribution < 1.29 is 0 Å². The first-order valence-electron chi connectivity index (χ1n) is 5.21. The van der Waals surface area contributed by atoms with Crippen LogP contribution in [0.5, 0.6) is 0 Å². The zero-order valence-electron chi connectivity index (χ0n) is 9.87. The molecule has 0 radical (unpaired) electrons. The van der Waals surface area contributed by atoms with Gasteiger partial charge in [0.2, 0.25) is 0 Å². The van der Waals surface area contributed by atoms with Gasteiger partial charge in [-0.1, -0.05) is 41.0 Å². The van der Waals surface area contributed by atoms with E-state index in [0.717, 1.165) is 11.3 Å². The second-order valence-electron chi connectivity index (χ2n) is 3.60. The van der Waals surface area contributed by atoms with Crippen molar-refractivity contribution in [1.82, 2.24) is 9.97 Å². The zero-order valence-corrected chi connectivity index (χ0v) is 12.2. The molecule has 0 aliphatic rings. The van der Waals surface area contributed by atoms with Gasteiger partial charge in [0.25, 0.3) is 0 Å². The molecule has 1 aromatic carbocycles. The van der Waals surface area contributed by atoms with Gasteiger partial charge in [-0.3, -0.25) is 0 Å². The van der Waals surface area contributed by atoms with E-state index in [0.29, 0.717) is 21.2 Å². The van der Waals surface area contributed by atoms with Gasteiger partial charge in [-0.05, 0) is 30.9 Å². The molecule has 0 amide bonds. The summed E-state index contributed by atoms with van der Waals surface area (Å²) in [5.74, 6) is 0.657. The fraction of sp³-hybridized carbons (Fsp3) is 0.167. The Morgan fingerprint density at radius 1 is 1.22 bits per heavy atom. The maximum Gasteiger partial charge on any atom is 0.190 e. The van der Waals surface area contributed by atoms with Crippen LogP contribution < -0.4 is 5.32 Å². The lowest BCUT2D eigenvalue weighted by atomic mass is 10.2. The number of hydrogen-bond donors (Lipinski definition) is 1. The number of nitrogens with zero attached hydrogens (tertiary/aromatic N) is 2. The van der Waals surface area contributed by atoms with E-state index in [-0.39, 0.29) is 0 Å². The molecular weight excluding hydrogens is 289 g/mol. The molecule has 94 valence electrons. The third-order valence-electron chi connectivity index (χ3n) is 2.39. The molecule has 1 N–H and O–H groups in total. The monoisotopic (exact) mass is 299 g/mol. The molecule has 0 saturated heterocycles. The Bertz CT molecular complexity index is 575. The van der Waals surface area contributed by atoms with Crippen LogP contribution in [0.1, 0.15) is 5.56 Å².